The van der Waals surface area contributed by atoms with Crippen LogP contribution in [0.1, 0.15) is 115 Å². The van der Waals surface area contributed by atoms with E-state index in [9.17, 15) is 29.7 Å². The number of benzene rings is 1. The average molecular weight is 661 g/mol. The molecule has 1 aromatic carbocycles. The summed E-state index contributed by atoms with van der Waals surface area (Å²) in [5.74, 6) is -0.180. The van der Waals surface area contributed by atoms with Gasteiger partial charge in [0.1, 0.15) is 0 Å². The molecule has 8 heteroatoms. The van der Waals surface area contributed by atoms with E-state index in [-0.39, 0.29) is 27.6 Å². The second kappa shape index (κ2) is 11.7. The summed E-state index contributed by atoms with van der Waals surface area (Å²) in [4.78, 5) is 36.4. The smallest absolute Gasteiger partial charge is 0.335 e. The molecule has 8 nitrogen and oxygen atoms in total. The Hall–Kier alpha value is -3.13. The van der Waals surface area contributed by atoms with Gasteiger partial charge in [0.2, 0.25) is 0 Å². The fourth-order valence-electron chi connectivity index (χ4n) is 12.9. The maximum absolute atomic E-state index is 13.3. The van der Waals surface area contributed by atoms with Crippen LogP contribution in [-0.4, -0.2) is 51.5 Å². The van der Waals surface area contributed by atoms with Gasteiger partial charge in [0.05, 0.1) is 12.2 Å². The van der Waals surface area contributed by atoms with Crippen LogP contribution in [0.3, 0.4) is 0 Å². The number of nitrogens with one attached hydrogen (secondary N) is 2. The molecule has 48 heavy (non-hydrogen) atoms. The largest absolute Gasteiger partial charge is 0.480 e. The van der Waals surface area contributed by atoms with Crippen LogP contribution in [0.5, 0.6) is 0 Å². The van der Waals surface area contributed by atoms with Crippen LogP contribution < -0.4 is 10.6 Å². The van der Waals surface area contributed by atoms with Crippen molar-refractivity contribution in [1.29, 1.82) is 0 Å². The van der Waals surface area contributed by atoms with Crippen molar-refractivity contribution in [3.63, 3.8) is 0 Å². The van der Waals surface area contributed by atoms with Crippen molar-refractivity contribution in [2.45, 2.75) is 111 Å². The molecule has 4 fully saturated rings. The van der Waals surface area contributed by atoms with E-state index in [4.69, 9.17) is 0 Å². The van der Waals surface area contributed by atoms with Crippen LogP contribution in [0.25, 0.3) is 5.57 Å². The van der Waals surface area contributed by atoms with E-state index < -0.39 is 36.2 Å². The van der Waals surface area contributed by atoms with E-state index >= 15 is 0 Å². The first-order chi connectivity index (χ1) is 22.4. The van der Waals surface area contributed by atoms with Crippen LogP contribution in [0.4, 0.5) is 4.79 Å². The molecule has 4 saturated carbocycles. The number of urea groups is 1. The van der Waals surface area contributed by atoms with Gasteiger partial charge in [-0.3, -0.25) is 0 Å². The molecule has 0 unspecified atom stereocenters. The summed E-state index contributed by atoms with van der Waals surface area (Å²) in [5, 5.41) is 34.3. The standard InChI is InChI=1S/C40H56N2O6/c1-23(2)26-14-19-40(42-35(48)41-29(22-43)34(46)47)21-20-38(6)28(32(26)40)12-13-31-37(5)17-15-27(24-8-10-25(11-9-24)33(44)45)36(3,4)30(37)16-18-39(31,38)7/h8-11,15,26,28-32,43H,1,12-14,16-22H2,2-7H3,(H,44,45)(H,46,47)(H2,41,42,48)/t26-,28+,29-,30-,31+,32+,37-,38+,39+,40-/m0/s1. The number of hydrogen-bond acceptors (Lipinski definition) is 4. The first-order valence-electron chi connectivity index (χ1n) is 18.1. The Kier molecular flexibility index (Phi) is 8.49. The molecular weight excluding hydrogens is 604 g/mol. The third kappa shape index (κ3) is 4.98. The minimum absolute atomic E-state index is 0.0608. The lowest BCUT2D eigenvalue weighted by atomic mass is 9.33. The third-order valence-corrected chi connectivity index (χ3v) is 15.2. The Balaban J connectivity index is 1.32. The number of aromatic carboxylic acids is 1. The molecule has 2 amide bonds. The Morgan fingerprint density at radius 3 is 2.19 bits per heavy atom. The Morgan fingerprint density at radius 1 is 0.896 bits per heavy atom. The molecule has 0 saturated heterocycles. The number of carboxylic acids is 2. The molecule has 1 aromatic rings. The average Bonchev–Trinajstić information content (AvgIpc) is 3.39. The van der Waals surface area contributed by atoms with Crippen molar-refractivity contribution < 1.29 is 29.7 Å². The van der Waals surface area contributed by atoms with E-state index in [0.29, 0.717) is 29.2 Å². The zero-order chi connectivity index (χ0) is 35.0. The van der Waals surface area contributed by atoms with Gasteiger partial charge in [0.25, 0.3) is 0 Å². The second-order valence-corrected chi connectivity index (χ2v) is 17.4. The minimum atomic E-state index is -1.34. The van der Waals surface area contributed by atoms with Crippen molar-refractivity contribution in [2.75, 3.05) is 6.61 Å². The molecule has 6 rings (SSSR count). The van der Waals surface area contributed by atoms with E-state index in [0.717, 1.165) is 68.9 Å². The van der Waals surface area contributed by atoms with E-state index in [1.165, 1.54) is 5.57 Å². The van der Waals surface area contributed by atoms with E-state index in [1.54, 1.807) is 12.1 Å². The predicted molar refractivity (Wildman–Crippen MR) is 186 cm³/mol. The lowest BCUT2D eigenvalue weighted by molar-refractivity contribution is -0.218. The summed E-state index contributed by atoms with van der Waals surface area (Å²) in [7, 11) is 0. The molecule has 5 aliphatic carbocycles. The van der Waals surface area contributed by atoms with Gasteiger partial charge in [-0.2, -0.15) is 0 Å². The SMILES string of the molecule is C=C(C)[C@@H]1CC[C@]2(NC(=O)N[C@@H](CO)C(=O)O)CC[C@]3(C)[C@H](CC[C@@H]4[C@@]5(C)CC=C(c6ccc(C(=O)O)cc6)C(C)(C)[C@@H]5CC[C@]43C)[C@@H]12. The fourth-order valence-corrected chi connectivity index (χ4v) is 12.9. The minimum Gasteiger partial charge on any atom is -0.480 e. The van der Waals surface area contributed by atoms with Gasteiger partial charge in [0, 0.05) is 5.54 Å². The fraction of sp³-hybridized carbons (Fsp3) is 0.675. The van der Waals surface area contributed by atoms with Gasteiger partial charge in [-0.15, -0.1) is 0 Å². The predicted octanol–water partition coefficient (Wildman–Crippen LogP) is 7.53. The molecule has 5 aliphatic rings. The van der Waals surface area contributed by atoms with Gasteiger partial charge in [-0.05, 0) is 139 Å². The number of fused-ring (bicyclic) bond motifs is 7. The van der Waals surface area contributed by atoms with Crippen molar-refractivity contribution in [2.24, 2.45) is 51.2 Å². The molecule has 0 heterocycles. The van der Waals surface area contributed by atoms with Gasteiger partial charge < -0.3 is 26.0 Å². The number of aliphatic hydroxyl groups excluding tert-OH is 1. The highest BCUT2D eigenvalue weighted by atomic mass is 16.4. The quantitative estimate of drug-likeness (QED) is 0.192. The molecule has 0 bridgehead atoms. The van der Waals surface area contributed by atoms with Crippen LogP contribution in [0.2, 0.25) is 0 Å². The van der Waals surface area contributed by atoms with E-state index in [1.807, 2.05) is 12.1 Å². The monoisotopic (exact) mass is 660 g/mol. The number of aliphatic hydroxyl groups is 1. The molecule has 0 aromatic heterocycles. The highest BCUT2D eigenvalue weighted by Crippen LogP contribution is 2.76. The van der Waals surface area contributed by atoms with Gasteiger partial charge >= 0.3 is 18.0 Å². The van der Waals surface area contributed by atoms with Crippen LogP contribution in [0, 0.1) is 51.2 Å². The molecule has 10 atom stereocenters. The highest BCUT2D eigenvalue weighted by Gasteiger charge is 2.70. The summed E-state index contributed by atoms with van der Waals surface area (Å²) in [5.41, 5.74) is 3.76. The molecule has 0 aliphatic heterocycles. The van der Waals surface area contributed by atoms with Gasteiger partial charge in [0.15, 0.2) is 6.04 Å². The van der Waals surface area contributed by atoms with Crippen LogP contribution in [-0.2, 0) is 4.79 Å². The third-order valence-electron chi connectivity index (χ3n) is 15.2. The van der Waals surface area contributed by atoms with E-state index in [2.05, 4.69) is 64.8 Å². The topological polar surface area (TPSA) is 136 Å². The zero-order valence-corrected chi connectivity index (χ0v) is 29.7. The molecule has 5 N–H and O–H groups in total. The number of amides is 2. The Labute approximate surface area is 285 Å². The normalized spacial score (nSPS) is 40.1. The number of allylic oxidation sites excluding steroid dienone is 3. The summed E-state index contributed by atoms with van der Waals surface area (Å²) in [6.07, 6.45) is 11.7. The molecule has 0 spiro atoms. The van der Waals surface area contributed by atoms with Crippen molar-refractivity contribution in [3.8, 4) is 0 Å². The first-order valence-corrected chi connectivity index (χ1v) is 18.1. The number of carboxylic acid groups (broad SMARTS) is 2. The second-order valence-electron chi connectivity index (χ2n) is 17.4. The molecule has 0 radical (unpaired) electrons. The van der Waals surface area contributed by atoms with Crippen LogP contribution >= 0.6 is 0 Å². The number of aliphatic carboxylic acids is 1. The number of carbonyl (C=O) groups excluding carboxylic acids is 1. The van der Waals surface area contributed by atoms with Crippen LogP contribution in [0.15, 0.2) is 42.5 Å². The van der Waals surface area contributed by atoms with Crippen molar-refractivity contribution >= 4 is 23.5 Å². The lowest BCUT2D eigenvalue weighted by Gasteiger charge is -2.72. The Morgan fingerprint density at radius 2 is 1.58 bits per heavy atom. The lowest BCUT2D eigenvalue weighted by Crippen LogP contribution is -2.69. The summed E-state index contributed by atoms with van der Waals surface area (Å²) >= 11 is 0. The van der Waals surface area contributed by atoms with Crippen molar-refractivity contribution in [1.82, 2.24) is 10.6 Å². The number of rotatable bonds is 7. The number of hydrogen-bond donors (Lipinski definition) is 5. The Bertz CT molecular complexity index is 1530. The zero-order valence-electron chi connectivity index (χ0n) is 29.7. The van der Waals surface area contributed by atoms with Crippen molar-refractivity contribution in [3.05, 3.63) is 53.6 Å². The molecular formula is C40H56N2O6. The maximum atomic E-state index is 13.3. The molecule has 262 valence electrons. The highest BCUT2D eigenvalue weighted by molar-refractivity contribution is 5.88. The number of carbonyl (C=O) groups is 3. The summed E-state index contributed by atoms with van der Waals surface area (Å²) in [6.45, 7) is 18.4. The summed E-state index contributed by atoms with van der Waals surface area (Å²) in [6, 6.07) is 5.56. The van der Waals surface area contributed by atoms with Gasteiger partial charge in [-0.25, -0.2) is 14.4 Å². The van der Waals surface area contributed by atoms with Gasteiger partial charge in [-0.1, -0.05) is 65.0 Å². The first kappa shape index (κ1) is 34.7. The maximum Gasteiger partial charge on any atom is 0.335 e. The summed E-state index contributed by atoms with van der Waals surface area (Å²) < 4.78 is 0.